The number of fused-ring (bicyclic) bond motifs is 3. The van der Waals surface area contributed by atoms with Crippen molar-refractivity contribution in [3.63, 3.8) is 0 Å². The summed E-state index contributed by atoms with van der Waals surface area (Å²) in [5.41, 5.74) is 9.93. The lowest BCUT2D eigenvalue weighted by Gasteiger charge is -2.21. The van der Waals surface area contributed by atoms with Crippen molar-refractivity contribution in [2.75, 3.05) is 12.1 Å². The molecule has 1 aliphatic rings. The van der Waals surface area contributed by atoms with Gasteiger partial charge in [0.05, 0.1) is 29.9 Å². The summed E-state index contributed by atoms with van der Waals surface area (Å²) >= 11 is 0. The number of nitrogens with zero attached hydrogens (tertiary/aromatic N) is 3. The zero-order valence-electron chi connectivity index (χ0n) is 12.5. The molecule has 0 saturated carbocycles. The van der Waals surface area contributed by atoms with Gasteiger partial charge in [-0.1, -0.05) is 5.92 Å². The number of allylic oxidation sites excluding steroid dienone is 1. The molecule has 22 heavy (non-hydrogen) atoms. The van der Waals surface area contributed by atoms with E-state index in [9.17, 15) is 0 Å². The normalized spacial score (nSPS) is 14.7. The van der Waals surface area contributed by atoms with E-state index < -0.39 is 0 Å². The van der Waals surface area contributed by atoms with Crippen LogP contribution in [-0.2, 0) is 6.42 Å². The quantitative estimate of drug-likeness (QED) is 0.612. The number of hydrogen-bond acceptors (Lipinski definition) is 5. The molecule has 1 aromatic carbocycles. The summed E-state index contributed by atoms with van der Waals surface area (Å²) in [5.74, 6) is 12.9. The third kappa shape index (κ3) is 2.08. The van der Waals surface area contributed by atoms with Gasteiger partial charge in [0.1, 0.15) is 17.8 Å². The van der Waals surface area contributed by atoms with Crippen molar-refractivity contribution in [3.8, 4) is 23.3 Å². The molecule has 0 fully saturated rings. The molecule has 0 radical (unpaired) electrons. The van der Waals surface area contributed by atoms with E-state index in [-0.39, 0.29) is 0 Å². The molecular formula is C16H17N5O. The van der Waals surface area contributed by atoms with Gasteiger partial charge in [0.15, 0.2) is 0 Å². The molecule has 0 aliphatic carbocycles. The number of benzene rings is 1. The van der Waals surface area contributed by atoms with Crippen LogP contribution in [0.15, 0.2) is 36.4 Å². The lowest BCUT2D eigenvalue weighted by Crippen LogP contribution is -2.31. The lowest BCUT2D eigenvalue weighted by atomic mass is 10.2. The van der Waals surface area contributed by atoms with Crippen LogP contribution in [0.5, 0.6) is 5.75 Å². The zero-order valence-corrected chi connectivity index (χ0v) is 12.5. The molecular weight excluding hydrogens is 278 g/mol. The highest BCUT2D eigenvalue weighted by molar-refractivity contribution is 5.69. The summed E-state index contributed by atoms with van der Waals surface area (Å²) in [7, 11) is 1.62. The Bertz CT molecular complexity index is 810. The number of nitrogens with two attached hydrogens (primary N) is 2. The topological polar surface area (TPSA) is 82.3 Å². The van der Waals surface area contributed by atoms with E-state index in [1.54, 1.807) is 25.4 Å². The van der Waals surface area contributed by atoms with Gasteiger partial charge in [-0.25, -0.2) is 10.8 Å². The van der Waals surface area contributed by atoms with Crippen LogP contribution in [0.25, 0.3) is 5.69 Å². The minimum atomic E-state index is 0.550. The summed E-state index contributed by atoms with van der Waals surface area (Å²) < 4.78 is 7.28. The van der Waals surface area contributed by atoms with Gasteiger partial charge in [0.2, 0.25) is 0 Å². The second-order valence-electron chi connectivity index (χ2n) is 4.84. The van der Waals surface area contributed by atoms with Crippen molar-refractivity contribution in [3.05, 3.63) is 47.8 Å². The van der Waals surface area contributed by atoms with Gasteiger partial charge in [-0.05, 0) is 25.0 Å². The van der Waals surface area contributed by atoms with Crippen LogP contribution < -0.4 is 21.3 Å². The summed E-state index contributed by atoms with van der Waals surface area (Å²) in [6.45, 7) is 1.79. The van der Waals surface area contributed by atoms with E-state index in [1.807, 2.05) is 22.8 Å². The molecule has 3 rings (SSSR count). The fourth-order valence-electron chi connectivity index (χ4n) is 2.55. The minimum absolute atomic E-state index is 0.550. The fraction of sp³-hybridized carbons (Fsp3) is 0.188. The number of aromatic nitrogens is 2. The Morgan fingerprint density at radius 3 is 2.86 bits per heavy atom. The first-order valence-electron chi connectivity index (χ1n) is 6.82. The van der Waals surface area contributed by atoms with Gasteiger partial charge in [0.25, 0.3) is 0 Å². The first-order chi connectivity index (χ1) is 10.7. The molecule has 1 aromatic heterocycles. The smallest absolute Gasteiger partial charge is 0.135 e. The third-order valence-corrected chi connectivity index (χ3v) is 3.66. The Balaban J connectivity index is 2.29. The summed E-state index contributed by atoms with van der Waals surface area (Å²) in [6.07, 6.45) is 3.82. The average Bonchev–Trinajstić information content (AvgIpc) is 2.89. The van der Waals surface area contributed by atoms with Crippen LogP contribution in [0, 0.1) is 11.8 Å². The van der Waals surface area contributed by atoms with Crippen LogP contribution in [0.1, 0.15) is 18.3 Å². The second-order valence-corrected chi connectivity index (χ2v) is 4.84. The maximum atomic E-state index is 6.25. The maximum Gasteiger partial charge on any atom is 0.135 e. The first kappa shape index (κ1) is 14.0. The van der Waals surface area contributed by atoms with Crippen LogP contribution in [0.3, 0.4) is 0 Å². The molecule has 0 atom stereocenters. The number of imidazole rings is 1. The van der Waals surface area contributed by atoms with Gasteiger partial charge >= 0.3 is 0 Å². The maximum absolute atomic E-state index is 6.25. The van der Waals surface area contributed by atoms with Crippen molar-refractivity contribution in [1.29, 1.82) is 0 Å². The number of rotatable bonds is 1. The Labute approximate surface area is 129 Å². The largest absolute Gasteiger partial charge is 0.497 e. The fourth-order valence-corrected chi connectivity index (χ4v) is 2.55. The lowest BCUT2D eigenvalue weighted by molar-refractivity contribution is 0.415. The number of methoxy groups -OCH3 is 1. The Hall–Kier alpha value is -2.91. The van der Waals surface area contributed by atoms with E-state index in [0.29, 0.717) is 6.42 Å². The van der Waals surface area contributed by atoms with E-state index in [0.717, 1.165) is 34.2 Å². The summed E-state index contributed by atoms with van der Waals surface area (Å²) in [5, 5.41) is 1.58. The Kier molecular flexibility index (Phi) is 3.49. The van der Waals surface area contributed by atoms with Gasteiger partial charge in [-0.3, -0.25) is 9.58 Å². The summed E-state index contributed by atoms with van der Waals surface area (Å²) in [4.78, 5) is 4.40. The minimum Gasteiger partial charge on any atom is -0.497 e. The van der Waals surface area contributed by atoms with E-state index in [4.69, 9.17) is 16.3 Å². The molecule has 112 valence electrons. The van der Waals surface area contributed by atoms with E-state index in [2.05, 4.69) is 16.8 Å². The van der Waals surface area contributed by atoms with Crippen molar-refractivity contribution >= 4 is 5.69 Å². The third-order valence-electron chi connectivity index (χ3n) is 3.66. The monoisotopic (exact) mass is 295 g/mol. The molecule has 0 unspecified atom stereocenters. The Morgan fingerprint density at radius 1 is 1.36 bits per heavy atom. The molecule has 0 amide bonds. The molecule has 4 N–H and O–H groups in total. The van der Waals surface area contributed by atoms with Crippen molar-refractivity contribution in [1.82, 2.24) is 9.55 Å². The Morgan fingerprint density at radius 2 is 2.18 bits per heavy atom. The SMILES string of the molecule is CC#Cc1ncn2c1C/C(=C/N)N(N)c1cc(OC)ccc1-2. The van der Waals surface area contributed by atoms with Crippen LogP contribution in [0.4, 0.5) is 5.69 Å². The van der Waals surface area contributed by atoms with Crippen LogP contribution in [0.2, 0.25) is 0 Å². The standard InChI is InChI=1S/C16H17N5O/c1-3-4-13-15-7-11(9-17)21(18)16-8-12(22-2)5-6-14(16)20(15)10-19-13/h5-6,8-10H,7,17-18H2,1-2H3/b11-9-. The highest BCUT2D eigenvalue weighted by Crippen LogP contribution is 2.34. The average molecular weight is 295 g/mol. The highest BCUT2D eigenvalue weighted by atomic mass is 16.5. The van der Waals surface area contributed by atoms with Crippen molar-refractivity contribution < 1.29 is 4.74 Å². The number of ether oxygens (including phenoxy) is 1. The molecule has 2 heterocycles. The molecule has 0 bridgehead atoms. The highest BCUT2D eigenvalue weighted by Gasteiger charge is 2.24. The van der Waals surface area contributed by atoms with Gasteiger partial charge in [-0.15, -0.1) is 0 Å². The predicted octanol–water partition coefficient (Wildman–Crippen LogP) is 1.29. The first-order valence-corrected chi connectivity index (χ1v) is 6.82. The molecule has 0 spiro atoms. The molecule has 6 heteroatoms. The van der Waals surface area contributed by atoms with Gasteiger partial charge in [-0.2, -0.15) is 0 Å². The van der Waals surface area contributed by atoms with Crippen LogP contribution in [-0.4, -0.2) is 16.7 Å². The second kappa shape index (κ2) is 5.47. The van der Waals surface area contributed by atoms with Crippen molar-refractivity contribution in [2.24, 2.45) is 11.6 Å². The van der Waals surface area contributed by atoms with Gasteiger partial charge < -0.3 is 10.5 Å². The zero-order chi connectivity index (χ0) is 15.7. The molecule has 0 saturated heterocycles. The predicted molar refractivity (Wildman–Crippen MR) is 85.3 cm³/mol. The number of hydrazine groups is 1. The summed E-state index contributed by atoms with van der Waals surface area (Å²) in [6, 6.07) is 5.71. The number of hydrogen-bond donors (Lipinski definition) is 2. The molecule has 2 aromatic rings. The van der Waals surface area contributed by atoms with Gasteiger partial charge in [0, 0.05) is 18.7 Å². The van der Waals surface area contributed by atoms with Crippen LogP contribution >= 0.6 is 0 Å². The number of anilines is 1. The van der Waals surface area contributed by atoms with E-state index in [1.165, 1.54) is 6.20 Å². The van der Waals surface area contributed by atoms with Crippen molar-refractivity contribution in [2.45, 2.75) is 13.3 Å². The molecule has 1 aliphatic heterocycles. The molecule has 6 nitrogen and oxygen atoms in total. The van der Waals surface area contributed by atoms with E-state index >= 15 is 0 Å².